The molecular weight excluding hydrogens is 163 g/mol. The predicted octanol–water partition coefficient (Wildman–Crippen LogP) is 1.36. The fourth-order valence-electron chi connectivity index (χ4n) is 0.574. The molecule has 0 aliphatic heterocycles. The Morgan fingerprint density at radius 2 is 1.75 bits per heavy atom. The topological polar surface area (TPSA) is 0 Å². The molecule has 0 spiro atoms. The summed E-state index contributed by atoms with van der Waals surface area (Å²) in [6.45, 7) is 0. The first-order chi connectivity index (χ1) is 3.93. The van der Waals surface area contributed by atoms with Gasteiger partial charge in [0.25, 0.3) is 0 Å². The van der Waals surface area contributed by atoms with Crippen LogP contribution < -0.4 is 0 Å². The van der Waals surface area contributed by atoms with Crippen LogP contribution in [-0.4, -0.2) is 16.0 Å². The molecule has 1 heteroatoms. The molecule has 1 rings (SSSR count). The van der Waals surface area contributed by atoms with Crippen molar-refractivity contribution in [1.29, 1.82) is 0 Å². The fraction of sp³-hybridized carbons (Fsp3) is 0.143. The average Bonchev–Trinajstić information content (AvgIpc) is 1.90. The Bertz CT molecular complexity index is 146. The Morgan fingerprint density at radius 3 is 2.12 bits per heavy atom. The molecule has 1 aromatic rings. The van der Waals surface area contributed by atoms with Crippen LogP contribution in [0.3, 0.4) is 0 Å². The van der Waals surface area contributed by atoms with E-state index < -0.39 is 0 Å². The fourth-order valence-corrected chi connectivity index (χ4v) is 0.978. The monoisotopic (exact) mass is 171 g/mol. The van der Waals surface area contributed by atoms with Gasteiger partial charge in [-0.3, -0.25) is 0 Å². The summed E-state index contributed by atoms with van der Waals surface area (Å²) in [6, 6.07) is 10.3. The van der Waals surface area contributed by atoms with E-state index in [-0.39, 0.29) is 0 Å². The molecule has 0 nitrogen and oxygen atoms in total. The number of hydrogen-bond acceptors (Lipinski definition) is 0. The third-order valence-electron chi connectivity index (χ3n) is 1.01. The van der Waals surface area contributed by atoms with Crippen LogP contribution in [-0.2, 0) is 5.32 Å². The van der Waals surface area contributed by atoms with Crippen molar-refractivity contribution in [3.8, 4) is 0 Å². The summed E-state index contributed by atoms with van der Waals surface area (Å²) in [5.74, 6) is 0. The van der Waals surface area contributed by atoms with Crippen molar-refractivity contribution in [2.45, 2.75) is 5.32 Å². The Balaban J connectivity index is 2.83. The van der Waals surface area contributed by atoms with Crippen LogP contribution in [0.15, 0.2) is 30.3 Å². The second-order valence-electron chi connectivity index (χ2n) is 1.63. The second-order valence-corrected chi connectivity index (χ2v) is 2.24. The summed E-state index contributed by atoms with van der Waals surface area (Å²) in [6.07, 6.45) is 0. The van der Waals surface area contributed by atoms with Gasteiger partial charge >= 0.3 is 57.2 Å². The third-order valence-corrected chi connectivity index (χ3v) is 1.71. The zero-order valence-corrected chi connectivity index (χ0v) is 6.22. The van der Waals surface area contributed by atoms with Crippen LogP contribution in [0.2, 0.25) is 0 Å². The average molecular weight is 170 g/mol. The summed E-state index contributed by atoms with van der Waals surface area (Å²) < 4.78 is 0. The molecule has 0 atom stereocenters. The van der Waals surface area contributed by atoms with E-state index in [1.807, 2.05) is 18.2 Å². The quantitative estimate of drug-likeness (QED) is 0.558. The zero-order chi connectivity index (χ0) is 5.82. The van der Waals surface area contributed by atoms with Crippen LogP contribution in [0.25, 0.3) is 0 Å². The minimum atomic E-state index is 1.01. The number of benzene rings is 1. The molecule has 0 aliphatic carbocycles. The first-order valence-electron chi connectivity index (χ1n) is 2.55. The van der Waals surface area contributed by atoms with Crippen molar-refractivity contribution in [2.75, 3.05) is 0 Å². The number of rotatable bonds is 1. The van der Waals surface area contributed by atoms with Crippen molar-refractivity contribution >= 4 is 16.0 Å². The molecule has 0 radical (unpaired) electrons. The Morgan fingerprint density at radius 1 is 1.12 bits per heavy atom. The van der Waals surface area contributed by atoms with Gasteiger partial charge in [0.2, 0.25) is 0 Å². The van der Waals surface area contributed by atoms with Gasteiger partial charge in [-0.05, 0) is 0 Å². The van der Waals surface area contributed by atoms with E-state index in [9.17, 15) is 0 Å². The zero-order valence-electron chi connectivity index (χ0n) is 4.50. The Hall–Kier alpha value is -0.261. The first kappa shape index (κ1) is 5.87. The summed E-state index contributed by atoms with van der Waals surface area (Å²) >= 11 is 2.96. The summed E-state index contributed by atoms with van der Waals surface area (Å²) in [4.78, 5) is 0. The summed E-state index contributed by atoms with van der Waals surface area (Å²) in [5.41, 5.74) is 1.35. The second kappa shape index (κ2) is 2.91. The number of hydrogen-bond donors (Lipinski definition) is 0. The van der Waals surface area contributed by atoms with E-state index in [2.05, 4.69) is 28.1 Å². The van der Waals surface area contributed by atoms with E-state index in [1.165, 1.54) is 5.56 Å². The molecule has 1 aromatic carbocycles. The van der Waals surface area contributed by atoms with Crippen LogP contribution in [0.4, 0.5) is 0 Å². The van der Waals surface area contributed by atoms with Gasteiger partial charge in [-0.1, -0.05) is 0 Å². The molecule has 0 saturated heterocycles. The van der Waals surface area contributed by atoms with Gasteiger partial charge in [-0.15, -0.1) is 0 Å². The van der Waals surface area contributed by atoms with Gasteiger partial charge in [0.15, 0.2) is 0 Å². The van der Waals surface area contributed by atoms with E-state index in [1.54, 1.807) is 0 Å². The van der Waals surface area contributed by atoms with Gasteiger partial charge in [0.1, 0.15) is 0 Å². The van der Waals surface area contributed by atoms with E-state index in [4.69, 9.17) is 0 Å². The van der Waals surface area contributed by atoms with Crippen LogP contribution >= 0.6 is 0 Å². The van der Waals surface area contributed by atoms with Crippen molar-refractivity contribution in [2.24, 2.45) is 0 Å². The van der Waals surface area contributed by atoms with E-state index in [0.29, 0.717) is 0 Å². The maximum absolute atomic E-state index is 2.96. The third kappa shape index (κ3) is 1.36. The summed E-state index contributed by atoms with van der Waals surface area (Å²) in [5, 5.41) is 1.01. The standard InChI is InChI=1S/C7H8Se/c8-6-7-4-2-1-3-5-7/h1-5,8H,6H2/p-1. The molecule has 0 unspecified atom stereocenters. The van der Waals surface area contributed by atoms with Crippen molar-refractivity contribution < 1.29 is 0 Å². The minimum absolute atomic E-state index is 1.01. The Labute approximate surface area is 57.7 Å². The molecular formula is C7H7Se-. The van der Waals surface area contributed by atoms with Crippen molar-refractivity contribution in [1.82, 2.24) is 0 Å². The van der Waals surface area contributed by atoms with Gasteiger partial charge in [-0.2, -0.15) is 0 Å². The van der Waals surface area contributed by atoms with Crippen LogP contribution in [0, 0.1) is 0 Å². The summed E-state index contributed by atoms with van der Waals surface area (Å²) in [7, 11) is 0. The maximum atomic E-state index is 2.96. The molecule has 0 fully saturated rings. The normalized spacial score (nSPS) is 9.12. The van der Waals surface area contributed by atoms with Crippen molar-refractivity contribution in [3.63, 3.8) is 0 Å². The predicted molar refractivity (Wildman–Crippen MR) is 35.9 cm³/mol. The van der Waals surface area contributed by atoms with Gasteiger partial charge in [0, 0.05) is 0 Å². The molecule has 42 valence electrons. The SMILES string of the molecule is [Se-]Cc1ccccc1. The Kier molecular flexibility index (Phi) is 2.13. The first-order valence-corrected chi connectivity index (χ1v) is 3.76. The molecule has 8 heavy (non-hydrogen) atoms. The van der Waals surface area contributed by atoms with Gasteiger partial charge in [-0.25, -0.2) is 0 Å². The molecule has 0 aromatic heterocycles. The molecule has 0 heterocycles. The molecule has 0 amide bonds. The molecule has 0 aliphatic rings. The van der Waals surface area contributed by atoms with Crippen LogP contribution in [0.5, 0.6) is 0 Å². The van der Waals surface area contributed by atoms with Crippen molar-refractivity contribution in [3.05, 3.63) is 35.9 Å². The van der Waals surface area contributed by atoms with E-state index in [0.717, 1.165) is 5.32 Å². The molecule has 0 bridgehead atoms. The van der Waals surface area contributed by atoms with E-state index >= 15 is 0 Å². The van der Waals surface area contributed by atoms with Gasteiger partial charge in [0.05, 0.1) is 0 Å². The molecule has 0 saturated carbocycles. The molecule has 0 N–H and O–H groups in total. The van der Waals surface area contributed by atoms with Crippen LogP contribution in [0.1, 0.15) is 5.56 Å². The van der Waals surface area contributed by atoms with Gasteiger partial charge < -0.3 is 0 Å².